The number of rotatable bonds is 10. The van der Waals surface area contributed by atoms with Crippen molar-refractivity contribution in [3.8, 4) is 22.3 Å². The molecule has 8 aromatic rings. The van der Waals surface area contributed by atoms with Crippen molar-refractivity contribution in [3.05, 3.63) is 271 Å². The second-order valence-corrected chi connectivity index (χ2v) is 15.5. The molecule has 0 amide bonds. The number of hydrogen-bond acceptors (Lipinski definition) is 2. The first kappa shape index (κ1) is 37.3. The van der Waals surface area contributed by atoms with E-state index in [9.17, 15) is 0 Å². The summed E-state index contributed by atoms with van der Waals surface area (Å²) < 4.78 is 0. The van der Waals surface area contributed by atoms with Gasteiger partial charge in [-0.05, 0) is 135 Å². The van der Waals surface area contributed by atoms with Crippen molar-refractivity contribution in [3.63, 3.8) is 0 Å². The summed E-state index contributed by atoms with van der Waals surface area (Å²) in [6.45, 7) is 0. The lowest BCUT2D eigenvalue weighted by molar-refractivity contribution is 1.19. The van der Waals surface area contributed by atoms with Gasteiger partial charge < -0.3 is 9.80 Å². The van der Waals surface area contributed by atoms with Crippen LogP contribution in [0.5, 0.6) is 0 Å². The summed E-state index contributed by atoms with van der Waals surface area (Å²) in [5.41, 5.74) is 16.4. The minimum atomic E-state index is 0.918. The molecule has 0 spiro atoms. The van der Waals surface area contributed by atoms with Gasteiger partial charge in [0.2, 0.25) is 0 Å². The topological polar surface area (TPSA) is 6.48 Å². The third-order valence-corrected chi connectivity index (χ3v) is 11.4. The summed E-state index contributed by atoms with van der Waals surface area (Å²) in [6, 6.07) is 71.8. The summed E-state index contributed by atoms with van der Waals surface area (Å²) >= 11 is 0. The SMILES string of the molecule is C1=CC=C2C=C(N(c3ccc(/C=C/c4ccc(N(c5ccc(-c6ccccc6)cc5)c5ccc6ccccc6c5)cc4)cc3)c3ccc(-c4ccccc4)cc3)C=CC(=C1)C2. The molecule has 2 aliphatic rings. The van der Waals surface area contributed by atoms with Crippen LogP contribution >= 0.6 is 0 Å². The third kappa shape index (κ3) is 8.34. The quantitative estimate of drug-likeness (QED) is 0.128. The van der Waals surface area contributed by atoms with Crippen molar-refractivity contribution >= 4 is 51.4 Å². The van der Waals surface area contributed by atoms with Crippen molar-refractivity contribution in [2.45, 2.75) is 6.42 Å². The monoisotopic (exact) mass is 780 g/mol. The van der Waals surface area contributed by atoms with Gasteiger partial charge in [-0.3, -0.25) is 0 Å². The molecule has 290 valence electrons. The van der Waals surface area contributed by atoms with E-state index < -0.39 is 0 Å². The van der Waals surface area contributed by atoms with Crippen LogP contribution < -0.4 is 9.80 Å². The maximum absolute atomic E-state index is 2.36. The maximum Gasteiger partial charge on any atom is 0.0468 e. The zero-order valence-electron chi connectivity index (χ0n) is 33.9. The molecule has 2 heteroatoms. The van der Waals surface area contributed by atoms with Crippen LogP contribution in [-0.2, 0) is 0 Å². The highest BCUT2D eigenvalue weighted by molar-refractivity contribution is 5.90. The first-order chi connectivity index (χ1) is 30.2. The predicted octanol–water partition coefficient (Wildman–Crippen LogP) is 16.2. The van der Waals surface area contributed by atoms with Crippen LogP contribution in [0.1, 0.15) is 17.5 Å². The second-order valence-electron chi connectivity index (χ2n) is 15.5. The van der Waals surface area contributed by atoms with Crippen LogP contribution in [0, 0.1) is 0 Å². The Kier molecular flexibility index (Phi) is 10.5. The van der Waals surface area contributed by atoms with Gasteiger partial charge in [0.25, 0.3) is 0 Å². The summed E-state index contributed by atoms with van der Waals surface area (Å²) in [5, 5.41) is 2.45. The number of allylic oxidation sites excluding steroid dienone is 9. The summed E-state index contributed by atoms with van der Waals surface area (Å²) in [7, 11) is 0. The van der Waals surface area contributed by atoms with E-state index in [0.717, 1.165) is 51.7 Å². The van der Waals surface area contributed by atoms with Gasteiger partial charge in [0.15, 0.2) is 0 Å². The molecule has 0 fully saturated rings. The standard InChI is InChI=1S/C59H44N2/c1-3-13-48(14-4-1)51-26-36-56(37-27-51)60(58-35-25-46-11-7-8-12-47(41-46)42-58)54-31-21-44(22-32-54)19-20-45-23-33-55(34-24-45)61(59-40-30-50-17-9-10-18-53(50)43-59)57-38-28-52(29-39-57)49-15-5-2-6-16-49/h1-40,42-43H,41H2/b20-19+. The lowest BCUT2D eigenvalue weighted by atomic mass is 10.0. The van der Waals surface area contributed by atoms with Gasteiger partial charge in [-0.1, -0.05) is 182 Å². The molecule has 10 rings (SSSR count). The van der Waals surface area contributed by atoms with Crippen LogP contribution in [0.25, 0.3) is 45.2 Å². The van der Waals surface area contributed by atoms with E-state index >= 15 is 0 Å². The lowest BCUT2D eigenvalue weighted by Gasteiger charge is -2.27. The van der Waals surface area contributed by atoms with Gasteiger partial charge in [-0.2, -0.15) is 0 Å². The Hall–Kier alpha value is -7.94. The molecule has 0 unspecified atom stereocenters. The minimum absolute atomic E-state index is 0.918. The summed E-state index contributed by atoms with van der Waals surface area (Å²) in [4.78, 5) is 4.70. The van der Waals surface area contributed by atoms with Crippen LogP contribution in [-0.4, -0.2) is 0 Å². The minimum Gasteiger partial charge on any atom is -0.310 e. The third-order valence-electron chi connectivity index (χ3n) is 11.4. The van der Waals surface area contributed by atoms with Gasteiger partial charge in [-0.15, -0.1) is 0 Å². The van der Waals surface area contributed by atoms with Gasteiger partial charge in [0.05, 0.1) is 0 Å². The molecule has 2 aliphatic carbocycles. The van der Waals surface area contributed by atoms with Crippen molar-refractivity contribution < 1.29 is 0 Å². The summed E-state index contributed by atoms with van der Waals surface area (Å²) in [5.74, 6) is 0. The highest BCUT2D eigenvalue weighted by Gasteiger charge is 2.17. The van der Waals surface area contributed by atoms with Crippen LogP contribution in [0.15, 0.2) is 260 Å². The van der Waals surface area contributed by atoms with Crippen molar-refractivity contribution in [1.82, 2.24) is 0 Å². The van der Waals surface area contributed by atoms with E-state index in [2.05, 4.69) is 265 Å². The van der Waals surface area contributed by atoms with Crippen LogP contribution in [0.2, 0.25) is 0 Å². The molecule has 0 atom stereocenters. The Morgan fingerprint density at radius 3 is 1.34 bits per heavy atom. The van der Waals surface area contributed by atoms with Crippen molar-refractivity contribution in [2.75, 3.05) is 9.80 Å². The maximum atomic E-state index is 2.36. The number of benzene rings is 8. The number of nitrogens with zero attached hydrogens (tertiary/aromatic N) is 2. The molecule has 0 radical (unpaired) electrons. The zero-order chi connectivity index (χ0) is 40.8. The molecule has 2 nitrogen and oxygen atoms in total. The smallest absolute Gasteiger partial charge is 0.0468 e. The molecule has 0 aliphatic heterocycles. The second kappa shape index (κ2) is 17.1. The predicted molar refractivity (Wildman–Crippen MR) is 261 cm³/mol. The lowest BCUT2D eigenvalue weighted by Crippen LogP contribution is -2.15. The van der Waals surface area contributed by atoms with E-state index in [1.54, 1.807) is 0 Å². The average molecular weight is 781 g/mol. The molecular formula is C59H44N2. The normalized spacial score (nSPS) is 13.3. The van der Waals surface area contributed by atoms with Crippen LogP contribution in [0.4, 0.5) is 28.4 Å². The van der Waals surface area contributed by atoms with Crippen molar-refractivity contribution in [2.24, 2.45) is 0 Å². The molecule has 0 saturated heterocycles. The van der Waals surface area contributed by atoms with Crippen molar-refractivity contribution in [1.29, 1.82) is 0 Å². The highest BCUT2D eigenvalue weighted by Crippen LogP contribution is 2.38. The number of fused-ring (bicyclic) bond motifs is 3. The van der Waals surface area contributed by atoms with E-state index in [-0.39, 0.29) is 0 Å². The van der Waals surface area contributed by atoms with E-state index in [0.29, 0.717) is 0 Å². The molecule has 0 N–H and O–H groups in total. The molecule has 0 aromatic heterocycles. The first-order valence-electron chi connectivity index (χ1n) is 20.9. The van der Waals surface area contributed by atoms with E-state index in [4.69, 9.17) is 0 Å². The van der Waals surface area contributed by atoms with Gasteiger partial charge in [0, 0.05) is 34.1 Å². The highest BCUT2D eigenvalue weighted by atomic mass is 15.1. The van der Waals surface area contributed by atoms with Crippen LogP contribution in [0.3, 0.4) is 0 Å². The van der Waals surface area contributed by atoms with E-state index in [1.807, 2.05) is 0 Å². The first-order valence-corrected chi connectivity index (χ1v) is 20.9. The van der Waals surface area contributed by atoms with Gasteiger partial charge in [0.1, 0.15) is 0 Å². The average Bonchev–Trinajstić information content (AvgIpc) is 3.69. The largest absolute Gasteiger partial charge is 0.310 e. The molecule has 2 bridgehead atoms. The molecule has 0 saturated carbocycles. The van der Waals surface area contributed by atoms with Gasteiger partial charge >= 0.3 is 0 Å². The molecule has 0 heterocycles. The number of anilines is 5. The fourth-order valence-electron chi connectivity index (χ4n) is 8.23. The molecule has 8 aromatic carbocycles. The zero-order valence-corrected chi connectivity index (χ0v) is 33.9. The fourth-order valence-corrected chi connectivity index (χ4v) is 8.23. The number of hydrogen-bond donors (Lipinski definition) is 0. The van der Waals surface area contributed by atoms with Gasteiger partial charge in [-0.25, -0.2) is 0 Å². The summed E-state index contributed by atoms with van der Waals surface area (Å²) in [6.07, 6.45) is 20.8. The Labute approximate surface area is 359 Å². The Bertz CT molecular complexity index is 2980. The Morgan fingerprint density at radius 2 is 0.787 bits per heavy atom. The van der Waals surface area contributed by atoms with E-state index in [1.165, 1.54) is 44.2 Å². The molecular weight excluding hydrogens is 737 g/mol. The Morgan fingerprint density at radius 1 is 0.344 bits per heavy atom. The Balaban J connectivity index is 0.927. The molecule has 61 heavy (non-hydrogen) atoms. The fraction of sp³-hybridized carbons (Fsp3) is 0.0169.